The van der Waals surface area contributed by atoms with Crippen molar-refractivity contribution in [3.05, 3.63) is 150 Å². The molecule has 44 heavy (non-hydrogen) atoms. The Morgan fingerprint density at radius 3 is 1.57 bits per heavy atom. The van der Waals surface area contributed by atoms with Crippen molar-refractivity contribution < 1.29 is 24.1 Å². The van der Waals surface area contributed by atoms with E-state index in [1.807, 2.05) is 121 Å². The third-order valence-corrected chi connectivity index (χ3v) is 7.19. The van der Waals surface area contributed by atoms with Gasteiger partial charge in [0.25, 0.3) is 0 Å². The van der Waals surface area contributed by atoms with Gasteiger partial charge in [-0.15, -0.1) is 0 Å². The van der Waals surface area contributed by atoms with Crippen LogP contribution in [0.25, 0.3) is 0 Å². The molecule has 0 radical (unpaired) electrons. The number of ether oxygens (including phenoxy) is 3. The number of hydrogen-bond acceptors (Lipinski definition) is 7. The molecule has 0 aliphatic carbocycles. The number of aliphatic carboxylic acids is 1. The van der Waals surface area contributed by atoms with Gasteiger partial charge in [0.2, 0.25) is 0 Å². The summed E-state index contributed by atoms with van der Waals surface area (Å²) in [6, 6.07) is 41.9. The van der Waals surface area contributed by atoms with Crippen molar-refractivity contribution in [3.63, 3.8) is 0 Å². The number of nitrogens with zero attached hydrogens (tertiary/aromatic N) is 3. The fourth-order valence-corrected chi connectivity index (χ4v) is 4.96. The van der Waals surface area contributed by atoms with E-state index in [1.165, 1.54) is 0 Å². The number of anilines is 1. The number of carboxylic acid groups (broad SMARTS) is 1. The summed E-state index contributed by atoms with van der Waals surface area (Å²) in [5.41, 5.74) is 3.53. The molecule has 5 rings (SSSR count). The lowest BCUT2D eigenvalue weighted by atomic mass is 9.80. The van der Waals surface area contributed by atoms with Gasteiger partial charge in [0.05, 0.1) is 25.6 Å². The highest BCUT2D eigenvalue weighted by molar-refractivity contribution is 5.74. The second-order valence-corrected chi connectivity index (χ2v) is 9.92. The number of benzene rings is 5. The van der Waals surface area contributed by atoms with E-state index in [-0.39, 0.29) is 13.3 Å². The highest BCUT2D eigenvalue weighted by atomic mass is 16.5. The smallest absolute Gasteiger partial charge is 0.323 e. The largest absolute Gasteiger partial charge is 0.497 e. The second-order valence-electron chi connectivity index (χ2n) is 9.92. The molecule has 0 spiro atoms. The second kappa shape index (κ2) is 14.1. The summed E-state index contributed by atoms with van der Waals surface area (Å²) in [6.45, 7) is -0.314. The molecule has 8 heteroatoms. The van der Waals surface area contributed by atoms with Crippen LogP contribution in [0, 0.1) is 0 Å². The molecule has 0 saturated carbocycles. The van der Waals surface area contributed by atoms with Gasteiger partial charge in [-0.3, -0.25) is 4.79 Å². The number of methoxy groups -OCH3 is 2. The molecular weight excluding hydrogens is 554 g/mol. The van der Waals surface area contributed by atoms with E-state index < -0.39 is 11.6 Å². The maximum absolute atomic E-state index is 12.0. The molecule has 0 saturated heterocycles. The lowest BCUT2D eigenvalue weighted by Crippen LogP contribution is -2.40. The first-order valence-corrected chi connectivity index (χ1v) is 14.0. The molecule has 0 amide bonds. The first-order valence-electron chi connectivity index (χ1n) is 14.0. The van der Waals surface area contributed by atoms with E-state index in [0.717, 1.165) is 22.4 Å². The Labute approximate surface area is 256 Å². The van der Waals surface area contributed by atoms with Crippen LogP contribution in [-0.2, 0) is 15.1 Å². The number of hydrogen-bond donors (Lipinski definition) is 1. The first-order chi connectivity index (χ1) is 21.5. The summed E-state index contributed by atoms with van der Waals surface area (Å²) in [5.74, 6) is 0.436. The van der Waals surface area contributed by atoms with E-state index in [0.29, 0.717) is 22.9 Å². The Hall–Kier alpha value is -5.47. The van der Waals surface area contributed by atoms with Crippen molar-refractivity contribution in [2.24, 2.45) is 10.2 Å². The van der Waals surface area contributed by atoms with Gasteiger partial charge in [0.1, 0.15) is 30.4 Å². The van der Waals surface area contributed by atoms with Crippen LogP contribution < -0.4 is 14.4 Å². The fraction of sp³-hybridized carbons (Fsp3) is 0.139. The summed E-state index contributed by atoms with van der Waals surface area (Å²) < 4.78 is 17.8. The van der Waals surface area contributed by atoms with Gasteiger partial charge >= 0.3 is 5.97 Å². The molecule has 0 aliphatic heterocycles. The highest BCUT2D eigenvalue weighted by Crippen LogP contribution is 2.42. The molecule has 0 heterocycles. The molecular formula is C36H33N3O5. The topological polar surface area (TPSA) is 93.0 Å². The third kappa shape index (κ3) is 6.94. The summed E-state index contributed by atoms with van der Waals surface area (Å²) in [5, 5.41) is 18.4. The van der Waals surface area contributed by atoms with Crippen LogP contribution in [0.2, 0.25) is 0 Å². The van der Waals surface area contributed by atoms with Gasteiger partial charge in [-0.25, -0.2) is 0 Å². The molecule has 1 N–H and O–H groups in total. The minimum absolute atomic E-state index is 0.0376. The molecule has 0 unspecified atom stereocenters. The van der Waals surface area contributed by atoms with Crippen LogP contribution in [0.4, 0.5) is 17.1 Å². The van der Waals surface area contributed by atoms with Crippen molar-refractivity contribution in [3.8, 4) is 11.5 Å². The molecule has 8 nitrogen and oxygen atoms in total. The number of carboxylic acids is 1. The highest BCUT2D eigenvalue weighted by Gasteiger charge is 2.38. The molecule has 0 fully saturated rings. The average molecular weight is 588 g/mol. The Balaban J connectivity index is 1.53. The third-order valence-electron chi connectivity index (χ3n) is 7.19. The summed E-state index contributed by atoms with van der Waals surface area (Å²) >= 11 is 0. The zero-order chi connectivity index (χ0) is 30.8. The van der Waals surface area contributed by atoms with Crippen molar-refractivity contribution >= 4 is 23.0 Å². The number of carbonyl (C=O) groups is 1. The van der Waals surface area contributed by atoms with Gasteiger partial charge in [0, 0.05) is 5.69 Å². The molecule has 5 aromatic rings. The van der Waals surface area contributed by atoms with Gasteiger partial charge in [-0.05, 0) is 77.4 Å². The van der Waals surface area contributed by atoms with Crippen LogP contribution in [0.1, 0.15) is 16.7 Å². The Morgan fingerprint density at radius 2 is 1.09 bits per heavy atom. The monoisotopic (exact) mass is 587 g/mol. The van der Waals surface area contributed by atoms with Gasteiger partial charge in [-0.1, -0.05) is 72.8 Å². The van der Waals surface area contributed by atoms with Crippen molar-refractivity contribution in [1.29, 1.82) is 0 Å². The number of rotatable bonds is 13. The Bertz CT molecular complexity index is 1610. The molecule has 0 atom stereocenters. The Kier molecular flexibility index (Phi) is 9.64. The summed E-state index contributed by atoms with van der Waals surface area (Å²) in [7, 11) is 3.25. The fourth-order valence-electron chi connectivity index (χ4n) is 4.96. The van der Waals surface area contributed by atoms with Crippen LogP contribution in [-0.4, -0.2) is 38.6 Å². The lowest BCUT2D eigenvalue weighted by molar-refractivity contribution is -0.135. The summed E-state index contributed by atoms with van der Waals surface area (Å²) in [6.07, 6.45) is 0. The SMILES string of the molecule is COc1ccc(C(OCN(CC(=O)O)c2ccc(N=Nc3ccccc3)cc2)(c2ccccc2)c2ccc(OC)cc2)cc1. The zero-order valence-corrected chi connectivity index (χ0v) is 24.5. The van der Waals surface area contributed by atoms with Gasteiger partial charge < -0.3 is 24.2 Å². The standard InChI is InChI=1S/C36H33N3O5/c1-42-33-21-13-28(14-22-33)36(27-9-5-3-6-10-27,29-15-23-34(43-2)24-16-29)44-26-39(25-35(40)41)32-19-17-31(18-20-32)38-37-30-11-7-4-8-12-30/h3-24H,25-26H2,1-2H3,(H,40,41). The maximum atomic E-state index is 12.0. The van der Waals surface area contributed by atoms with Crippen LogP contribution in [0.15, 0.2) is 144 Å². The molecule has 0 aromatic heterocycles. The molecule has 5 aromatic carbocycles. The minimum atomic E-state index is -1.10. The van der Waals surface area contributed by atoms with Crippen molar-refractivity contribution in [2.75, 3.05) is 32.4 Å². The predicted molar refractivity (Wildman–Crippen MR) is 170 cm³/mol. The van der Waals surface area contributed by atoms with Crippen LogP contribution in [0.5, 0.6) is 11.5 Å². The summed E-state index contributed by atoms with van der Waals surface area (Å²) in [4.78, 5) is 13.7. The average Bonchev–Trinajstić information content (AvgIpc) is 3.08. The predicted octanol–water partition coefficient (Wildman–Crippen LogP) is 7.98. The Morgan fingerprint density at radius 1 is 0.636 bits per heavy atom. The normalized spacial score (nSPS) is 11.3. The molecule has 0 bridgehead atoms. The molecule has 222 valence electrons. The van der Waals surface area contributed by atoms with Gasteiger partial charge in [-0.2, -0.15) is 10.2 Å². The number of azo groups is 1. The van der Waals surface area contributed by atoms with E-state index in [1.54, 1.807) is 31.3 Å². The van der Waals surface area contributed by atoms with E-state index >= 15 is 0 Å². The lowest BCUT2D eigenvalue weighted by Gasteiger charge is -2.38. The maximum Gasteiger partial charge on any atom is 0.323 e. The van der Waals surface area contributed by atoms with Crippen molar-refractivity contribution in [1.82, 2.24) is 0 Å². The van der Waals surface area contributed by atoms with Crippen molar-refractivity contribution in [2.45, 2.75) is 5.60 Å². The van der Waals surface area contributed by atoms with Crippen LogP contribution in [0.3, 0.4) is 0 Å². The van der Waals surface area contributed by atoms with Gasteiger partial charge in [0.15, 0.2) is 0 Å². The van der Waals surface area contributed by atoms with E-state index in [4.69, 9.17) is 14.2 Å². The molecule has 0 aliphatic rings. The van der Waals surface area contributed by atoms with E-state index in [2.05, 4.69) is 10.2 Å². The minimum Gasteiger partial charge on any atom is -0.497 e. The first kappa shape index (κ1) is 30.0. The van der Waals surface area contributed by atoms with Crippen LogP contribution >= 0.6 is 0 Å². The van der Waals surface area contributed by atoms with E-state index in [9.17, 15) is 9.90 Å². The quantitative estimate of drug-likeness (QED) is 0.0853. The zero-order valence-electron chi connectivity index (χ0n) is 24.5.